The first-order valence-corrected chi connectivity index (χ1v) is 9.42. The second kappa shape index (κ2) is 12.1. The fourth-order valence-electron chi connectivity index (χ4n) is 2.20. The normalized spacial score (nSPS) is 12.0. The lowest BCUT2D eigenvalue weighted by Crippen LogP contribution is -2.42. The predicted octanol–water partition coefficient (Wildman–Crippen LogP) is 3.72. The largest absolute Gasteiger partial charge is 0.356 e. The van der Waals surface area contributed by atoms with Gasteiger partial charge in [0, 0.05) is 37.3 Å². The molecule has 0 radical (unpaired) electrons. The Morgan fingerprint density at radius 3 is 2.46 bits per heavy atom. The van der Waals surface area contributed by atoms with Crippen molar-refractivity contribution in [2.45, 2.75) is 12.8 Å². The number of carbonyl (C=O) groups excluding carboxylic acids is 1. The van der Waals surface area contributed by atoms with Gasteiger partial charge in [-0.05, 0) is 52.6 Å². The summed E-state index contributed by atoms with van der Waals surface area (Å²) in [5.41, 5.74) is 1.92. The first-order chi connectivity index (χ1) is 12.1. The predicted molar refractivity (Wildman–Crippen MR) is 121 cm³/mol. The van der Waals surface area contributed by atoms with E-state index in [9.17, 15) is 4.79 Å². The third kappa shape index (κ3) is 7.51. The quantitative estimate of drug-likeness (QED) is 0.232. The van der Waals surface area contributed by atoms with E-state index >= 15 is 0 Å². The van der Waals surface area contributed by atoms with Crippen LogP contribution in [0, 0.1) is 0 Å². The van der Waals surface area contributed by atoms with Gasteiger partial charge in [-0.1, -0.05) is 18.5 Å². The maximum absolute atomic E-state index is 12.0. The van der Waals surface area contributed by atoms with Crippen LogP contribution in [0.25, 0.3) is 0 Å². The summed E-state index contributed by atoms with van der Waals surface area (Å²) in [4.78, 5) is 16.2. The maximum atomic E-state index is 12.0. The summed E-state index contributed by atoms with van der Waals surface area (Å²) in [5.74, 6) is 1.02. The maximum Gasteiger partial charge on any atom is 0.251 e. The van der Waals surface area contributed by atoms with Gasteiger partial charge in [-0.2, -0.15) is 11.3 Å². The van der Waals surface area contributed by atoms with Crippen LogP contribution in [0.3, 0.4) is 0 Å². The first-order valence-electron chi connectivity index (χ1n) is 8.10. The summed E-state index contributed by atoms with van der Waals surface area (Å²) < 4.78 is 0. The Balaban J connectivity index is 0.00000338. The van der Waals surface area contributed by atoms with E-state index in [2.05, 4.69) is 44.7 Å². The molecular formula is C18H24ClIN4OS. The zero-order valence-corrected chi connectivity index (χ0v) is 18.7. The molecule has 2 rings (SSSR count). The van der Waals surface area contributed by atoms with E-state index in [1.165, 1.54) is 5.56 Å². The van der Waals surface area contributed by atoms with Gasteiger partial charge in [0.15, 0.2) is 5.96 Å². The average molecular weight is 507 g/mol. The Hall–Kier alpha value is -1.32. The summed E-state index contributed by atoms with van der Waals surface area (Å²) in [6, 6.07) is 8.96. The Kier molecular flexibility index (Phi) is 10.6. The minimum atomic E-state index is -0.118. The minimum absolute atomic E-state index is 0. The highest BCUT2D eigenvalue weighted by Gasteiger charge is 2.07. The average Bonchev–Trinajstić information content (AvgIpc) is 3.16. The standard InChI is InChI=1S/C18H23ClN4OS.HI/c1-13(15-7-10-25-12-15)11-23-18(20-2)22-9-8-21-17(24)14-3-5-16(19)6-4-14;/h3-7,10,12-13H,8-9,11H2,1-2H3,(H,21,24)(H2,20,22,23);1H. The van der Waals surface area contributed by atoms with Gasteiger partial charge in [-0.3, -0.25) is 9.79 Å². The number of rotatable bonds is 7. The molecule has 142 valence electrons. The molecule has 1 amide bonds. The van der Waals surface area contributed by atoms with Crippen molar-refractivity contribution in [3.63, 3.8) is 0 Å². The molecular weight excluding hydrogens is 483 g/mol. The van der Waals surface area contributed by atoms with Gasteiger partial charge in [0.1, 0.15) is 0 Å². The Labute approximate surface area is 180 Å². The SMILES string of the molecule is CN=C(NCCNC(=O)c1ccc(Cl)cc1)NCC(C)c1ccsc1.I. The zero-order chi connectivity index (χ0) is 18.1. The summed E-state index contributed by atoms with van der Waals surface area (Å²) in [6.07, 6.45) is 0. The van der Waals surface area contributed by atoms with E-state index in [1.54, 1.807) is 42.6 Å². The monoisotopic (exact) mass is 506 g/mol. The molecule has 26 heavy (non-hydrogen) atoms. The van der Waals surface area contributed by atoms with Gasteiger partial charge in [0.25, 0.3) is 5.91 Å². The van der Waals surface area contributed by atoms with Crippen molar-refractivity contribution < 1.29 is 4.79 Å². The molecule has 3 N–H and O–H groups in total. The van der Waals surface area contributed by atoms with Crippen molar-refractivity contribution in [2.75, 3.05) is 26.7 Å². The lowest BCUT2D eigenvalue weighted by atomic mass is 10.1. The molecule has 0 aliphatic rings. The molecule has 1 aromatic heterocycles. The van der Waals surface area contributed by atoms with Crippen LogP contribution in [0.1, 0.15) is 28.8 Å². The Morgan fingerprint density at radius 1 is 1.15 bits per heavy atom. The van der Waals surface area contributed by atoms with E-state index in [0.29, 0.717) is 29.6 Å². The van der Waals surface area contributed by atoms with E-state index < -0.39 is 0 Å². The summed E-state index contributed by atoms with van der Waals surface area (Å²) in [6.45, 7) is 4.07. The number of guanidine groups is 1. The van der Waals surface area contributed by atoms with Crippen LogP contribution in [-0.2, 0) is 0 Å². The van der Waals surface area contributed by atoms with Crippen molar-refractivity contribution in [3.05, 3.63) is 57.2 Å². The van der Waals surface area contributed by atoms with Gasteiger partial charge in [0.05, 0.1) is 0 Å². The molecule has 0 aliphatic heterocycles. The third-order valence-electron chi connectivity index (χ3n) is 3.72. The lowest BCUT2D eigenvalue weighted by molar-refractivity contribution is 0.0954. The second-order valence-electron chi connectivity index (χ2n) is 5.60. The smallest absolute Gasteiger partial charge is 0.251 e. The molecule has 1 atom stereocenters. The Bertz CT molecular complexity index is 692. The lowest BCUT2D eigenvalue weighted by Gasteiger charge is -2.15. The highest BCUT2D eigenvalue weighted by molar-refractivity contribution is 14.0. The highest BCUT2D eigenvalue weighted by Crippen LogP contribution is 2.16. The number of thiophene rings is 1. The van der Waals surface area contributed by atoms with Crippen molar-refractivity contribution in [1.29, 1.82) is 0 Å². The van der Waals surface area contributed by atoms with Crippen LogP contribution in [0.5, 0.6) is 0 Å². The third-order valence-corrected chi connectivity index (χ3v) is 4.67. The fraction of sp³-hybridized carbons (Fsp3) is 0.333. The van der Waals surface area contributed by atoms with Gasteiger partial charge in [-0.25, -0.2) is 0 Å². The molecule has 1 unspecified atom stereocenters. The number of benzene rings is 1. The van der Waals surface area contributed by atoms with Crippen molar-refractivity contribution in [1.82, 2.24) is 16.0 Å². The van der Waals surface area contributed by atoms with Crippen molar-refractivity contribution in [2.24, 2.45) is 4.99 Å². The molecule has 0 bridgehead atoms. The van der Waals surface area contributed by atoms with Crippen LogP contribution in [0.15, 0.2) is 46.1 Å². The molecule has 2 aromatic rings. The molecule has 0 saturated heterocycles. The number of aliphatic imine (C=N–C) groups is 1. The van der Waals surface area contributed by atoms with E-state index in [0.717, 1.165) is 12.5 Å². The van der Waals surface area contributed by atoms with Crippen LogP contribution in [0.4, 0.5) is 0 Å². The van der Waals surface area contributed by atoms with Gasteiger partial charge in [-0.15, -0.1) is 24.0 Å². The number of amides is 1. The number of hydrogen-bond donors (Lipinski definition) is 3. The number of hydrogen-bond acceptors (Lipinski definition) is 3. The summed E-state index contributed by atoms with van der Waals surface area (Å²) in [5, 5.41) is 14.2. The van der Waals surface area contributed by atoms with E-state index in [4.69, 9.17) is 11.6 Å². The van der Waals surface area contributed by atoms with E-state index in [-0.39, 0.29) is 29.9 Å². The number of halogens is 2. The topological polar surface area (TPSA) is 65.5 Å². The molecule has 1 heterocycles. The number of carbonyl (C=O) groups is 1. The molecule has 0 aliphatic carbocycles. The number of nitrogens with one attached hydrogen (secondary N) is 3. The molecule has 0 fully saturated rings. The molecule has 5 nitrogen and oxygen atoms in total. The zero-order valence-electron chi connectivity index (χ0n) is 14.8. The first kappa shape index (κ1) is 22.7. The minimum Gasteiger partial charge on any atom is -0.356 e. The summed E-state index contributed by atoms with van der Waals surface area (Å²) in [7, 11) is 1.73. The van der Waals surface area contributed by atoms with Crippen LogP contribution in [0.2, 0.25) is 5.02 Å². The fourth-order valence-corrected chi connectivity index (χ4v) is 3.11. The highest BCUT2D eigenvalue weighted by atomic mass is 127. The second-order valence-corrected chi connectivity index (χ2v) is 6.82. The van der Waals surface area contributed by atoms with Crippen LogP contribution >= 0.6 is 46.9 Å². The van der Waals surface area contributed by atoms with Gasteiger partial charge in [0.2, 0.25) is 0 Å². The Morgan fingerprint density at radius 2 is 1.85 bits per heavy atom. The molecule has 0 spiro atoms. The van der Waals surface area contributed by atoms with Gasteiger partial charge >= 0.3 is 0 Å². The van der Waals surface area contributed by atoms with Crippen molar-refractivity contribution >= 4 is 58.8 Å². The molecule has 8 heteroatoms. The summed E-state index contributed by atoms with van der Waals surface area (Å²) >= 11 is 7.52. The van der Waals surface area contributed by atoms with Crippen LogP contribution in [-0.4, -0.2) is 38.5 Å². The van der Waals surface area contributed by atoms with Crippen LogP contribution < -0.4 is 16.0 Å². The van der Waals surface area contributed by atoms with Crippen molar-refractivity contribution in [3.8, 4) is 0 Å². The number of nitrogens with zero attached hydrogens (tertiary/aromatic N) is 1. The van der Waals surface area contributed by atoms with E-state index in [1.807, 2.05) is 0 Å². The van der Waals surface area contributed by atoms with Gasteiger partial charge < -0.3 is 16.0 Å². The molecule has 0 saturated carbocycles. The molecule has 1 aromatic carbocycles.